The lowest BCUT2D eigenvalue weighted by atomic mass is 9.42. The molecule has 2 bridgehead atoms. The van der Waals surface area contributed by atoms with Crippen LogP contribution in [0.5, 0.6) is 0 Å². The molecule has 2 N–H and O–H groups in total. The summed E-state index contributed by atoms with van der Waals surface area (Å²) in [5, 5.41) is 21.2. The van der Waals surface area contributed by atoms with Gasteiger partial charge in [0, 0.05) is 5.41 Å². The van der Waals surface area contributed by atoms with Crippen molar-refractivity contribution in [2.45, 2.75) is 103 Å². The highest BCUT2D eigenvalue weighted by Gasteiger charge is 2.69. The second-order valence-electron chi connectivity index (χ2n) is 11.3. The summed E-state index contributed by atoms with van der Waals surface area (Å²) < 4.78 is 6.60. The van der Waals surface area contributed by atoms with Crippen molar-refractivity contribution < 1.29 is 14.9 Å². The van der Waals surface area contributed by atoms with Crippen LogP contribution in [-0.4, -0.2) is 34.1 Å². The van der Waals surface area contributed by atoms with E-state index >= 15 is 0 Å². The first-order valence-electron chi connectivity index (χ1n) is 11.2. The van der Waals surface area contributed by atoms with Crippen molar-refractivity contribution in [3.8, 4) is 0 Å². The molecule has 3 heteroatoms. The predicted octanol–water partition coefficient (Wildman–Crippen LogP) is 4.15. The second-order valence-corrected chi connectivity index (χ2v) is 11.3. The molecular weight excluding hydrogens is 324 g/mol. The first-order chi connectivity index (χ1) is 12.2. The Balaban J connectivity index is 1.50. The van der Waals surface area contributed by atoms with Crippen molar-refractivity contribution in [1.29, 1.82) is 0 Å². The molecule has 0 radical (unpaired) electrons. The molecule has 1 aliphatic heterocycles. The van der Waals surface area contributed by atoms with E-state index in [4.69, 9.17) is 4.74 Å². The average molecular weight is 363 g/mol. The fourth-order valence-electron chi connectivity index (χ4n) is 9.27. The van der Waals surface area contributed by atoms with Crippen molar-refractivity contribution in [2.24, 2.45) is 40.4 Å². The van der Waals surface area contributed by atoms with E-state index in [-0.39, 0.29) is 6.10 Å². The topological polar surface area (TPSA) is 49.7 Å². The largest absolute Gasteiger partial charge is 0.393 e. The Morgan fingerprint density at radius 3 is 2.50 bits per heavy atom. The number of hydrogen-bond donors (Lipinski definition) is 2. The normalized spacial score (nSPS) is 62.3. The van der Waals surface area contributed by atoms with Gasteiger partial charge in [0.25, 0.3) is 0 Å². The Morgan fingerprint density at radius 1 is 1.00 bits per heavy atom. The maximum atomic E-state index is 10.8. The van der Waals surface area contributed by atoms with Crippen LogP contribution in [0.2, 0.25) is 0 Å². The van der Waals surface area contributed by atoms with Gasteiger partial charge >= 0.3 is 0 Å². The molecule has 0 amide bonds. The van der Waals surface area contributed by atoms with Crippen LogP contribution in [0.1, 0.15) is 79.1 Å². The zero-order chi connectivity index (χ0) is 18.5. The van der Waals surface area contributed by atoms with Gasteiger partial charge in [0.1, 0.15) is 0 Å². The van der Waals surface area contributed by atoms with Gasteiger partial charge in [-0.25, -0.2) is 0 Å². The van der Waals surface area contributed by atoms with Crippen LogP contribution in [0.25, 0.3) is 0 Å². The zero-order valence-corrected chi connectivity index (χ0v) is 17.1. The van der Waals surface area contributed by atoms with Crippen LogP contribution in [0.15, 0.2) is 0 Å². The molecular formula is C23H38O3. The lowest BCUT2D eigenvalue weighted by Gasteiger charge is -2.61. The number of aliphatic hydroxyl groups is 2. The quantitative estimate of drug-likeness (QED) is 0.736. The summed E-state index contributed by atoms with van der Waals surface area (Å²) in [7, 11) is 0. The molecule has 0 spiro atoms. The third-order valence-corrected chi connectivity index (χ3v) is 10.3. The Kier molecular flexibility index (Phi) is 3.78. The Bertz CT molecular complexity index is 586. The number of rotatable bonds is 1. The average Bonchev–Trinajstić information content (AvgIpc) is 2.99. The maximum Gasteiger partial charge on any atom is 0.0623 e. The molecule has 5 fully saturated rings. The molecule has 11 atom stereocenters. The molecule has 0 aromatic heterocycles. The third-order valence-electron chi connectivity index (χ3n) is 10.3. The van der Waals surface area contributed by atoms with Gasteiger partial charge in [0.05, 0.1) is 23.9 Å². The molecule has 5 aliphatic rings. The molecule has 148 valence electrons. The van der Waals surface area contributed by atoms with Gasteiger partial charge in [-0.15, -0.1) is 0 Å². The minimum Gasteiger partial charge on any atom is -0.393 e. The van der Waals surface area contributed by atoms with Crippen molar-refractivity contribution >= 4 is 0 Å². The minimum atomic E-state index is -0.499. The van der Waals surface area contributed by atoms with E-state index in [2.05, 4.69) is 13.8 Å². The third kappa shape index (κ3) is 2.12. The van der Waals surface area contributed by atoms with E-state index in [0.29, 0.717) is 34.9 Å². The monoisotopic (exact) mass is 362 g/mol. The lowest BCUT2D eigenvalue weighted by molar-refractivity contribution is -0.146. The summed E-state index contributed by atoms with van der Waals surface area (Å²) in [6.07, 6.45) is 9.82. The van der Waals surface area contributed by atoms with Crippen LogP contribution in [-0.2, 0) is 4.74 Å². The van der Waals surface area contributed by atoms with Gasteiger partial charge in [-0.3, -0.25) is 0 Å². The minimum absolute atomic E-state index is 0.173. The molecule has 0 aromatic rings. The number of fused-ring (bicyclic) bond motifs is 3. The Labute approximate surface area is 158 Å². The van der Waals surface area contributed by atoms with Gasteiger partial charge in [0.2, 0.25) is 0 Å². The van der Waals surface area contributed by atoms with Gasteiger partial charge < -0.3 is 14.9 Å². The van der Waals surface area contributed by atoms with E-state index in [1.165, 1.54) is 32.1 Å². The number of aliphatic hydroxyl groups excluding tert-OH is 1. The summed E-state index contributed by atoms with van der Waals surface area (Å²) >= 11 is 0. The molecule has 3 unspecified atom stereocenters. The summed E-state index contributed by atoms with van der Waals surface area (Å²) in [6, 6.07) is 0. The molecule has 1 heterocycles. The number of hydrogen-bond acceptors (Lipinski definition) is 3. The van der Waals surface area contributed by atoms with Gasteiger partial charge in [-0.05, 0) is 107 Å². The molecule has 26 heavy (non-hydrogen) atoms. The molecule has 3 nitrogen and oxygen atoms in total. The van der Waals surface area contributed by atoms with E-state index in [9.17, 15) is 10.2 Å². The van der Waals surface area contributed by atoms with E-state index in [0.717, 1.165) is 37.0 Å². The lowest BCUT2D eigenvalue weighted by Crippen LogP contribution is -2.59. The molecule has 5 rings (SSSR count). The van der Waals surface area contributed by atoms with Crippen LogP contribution in [0.4, 0.5) is 0 Å². The summed E-state index contributed by atoms with van der Waals surface area (Å²) in [4.78, 5) is 0. The van der Waals surface area contributed by atoms with Gasteiger partial charge in [-0.2, -0.15) is 0 Å². The van der Waals surface area contributed by atoms with Crippen LogP contribution in [0, 0.1) is 40.4 Å². The fourth-order valence-corrected chi connectivity index (χ4v) is 9.27. The number of ether oxygens (including phenoxy) is 1. The highest BCUT2D eigenvalue weighted by molar-refractivity contribution is 5.17. The summed E-state index contributed by atoms with van der Waals surface area (Å²) in [5.41, 5.74) is 0.127. The first kappa shape index (κ1) is 17.9. The second kappa shape index (κ2) is 5.48. The van der Waals surface area contributed by atoms with Crippen LogP contribution >= 0.6 is 0 Å². The molecule has 4 aliphatic carbocycles. The van der Waals surface area contributed by atoms with Gasteiger partial charge in [-0.1, -0.05) is 6.92 Å². The van der Waals surface area contributed by atoms with Crippen molar-refractivity contribution in [3.05, 3.63) is 0 Å². The summed E-state index contributed by atoms with van der Waals surface area (Å²) in [6.45, 7) is 8.87. The molecule has 0 aromatic carbocycles. The molecule has 1 saturated heterocycles. The van der Waals surface area contributed by atoms with Crippen molar-refractivity contribution in [3.63, 3.8) is 0 Å². The van der Waals surface area contributed by atoms with Gasteiger partial charge in [0.15, 0.2) is 0 Å². The zero-order valence-electron chi connectivity index (χ0n) is 17.1. The Morgan fingerprint density at radius 2 is 1.77 bits per heavy atom. The van der Waals surface area contributed by atoms with Crippen molar-refractivity contribution in [2.75, 3.05) is 0 Å². The van der Waals surface area contributed by atoms with E-state index in [1.807, 2.05) is 13.8 Å². The SMILES string of the molecule is CC(O)[C@H]1CC[C@H]2[C@@H]3C[C@H]4O[C@H](C)[C@@]5(CC[C@@](C)(O)CC45)C3CC[C@]12C. The first-order valence-corrected chi connectivity index (χ1v) is 11.2. The predicted molar refractivity (Wildman–Crippen MR) is 102 cm³/mol. The highest BCUT2D eigenvalue weighted by Crippen LogP contribution is 2.72. The Hall–Kier alpha value is -0.120. The summed E-state index contributed by atoms with van der Waals surface area (Å²) in [5.74, 6) is 3.33. The maximum absolute atomic E-state index is 10.8. The molecule has 4 saturated carbocycles. The fraction of sp³-hybridized carbons (Fsp3) is 1.00. The van der Waals surface area contributed by atoms with Crippen LogP contribution in [0.3, 0.4) is 0 Å². The standard InChI is InChI=1S/C23H38O3/c1-13(24)16-5-6-17-15-11-20-19-12-21(3,25)9-10-23(19,14(2)26-20)18(15)7-8-22(16,17)4/h13-20,24-25H,5-12H2,1-4H3/t13?,14-,15+,16-,17+,18?,19?,20-,21-,22-,23+/m1/s1. The highest BCUT2D eigenvalue weighted by atomic mass is 16.5. The smallest absolute Gasteiger partial charge is 0.0623 e. The van der Waals surface area contributed by atoms with E-state index in [1.54, 1.807) is 0 Å². The van der Waals surface area contributed by atoms with Crippen LogP contribution < -0.4 is 0 Å². The van der Waals surface area contributed by atoms with Crippen molar-refractivity contribution in [1.82, 2.24) is 0 Å². The van der Waals surface area contributed by atoms with E-state index < -0.39 is 5.60 Å².